The van der Waals surface area contributed by atoms with Crippen LogP contribution in [0, 0.1) is 5.82 Å². The van der Waals surface area contributed by atoms with Crippen molar-refractivity contribution in [2.24, 2.45) is 0 Å². The van der Waals surface area contributed by atoms with Crippen LogP contribution in [0.3, 0.4) is 0 Å². The summed E-state index contributed by atoms with van der Waals surface area (Å²) in [6.45, 7) is -0.410. The van der Waals surface area contributed by atoms with E-state index in [4.69, 9.17) is 4.74 Å². The van der Waals surface area contributed by atoms with E-state index in [1.165, 1.54) is 24.3 Å². The first kappa shape index (κ1) is 20.2. The van der Waals surface area contributed by atoms with Crippen molar-refractivity contribution in [3.05, 3.63) is 78.1 Å². The van der Waals surface area contributed by atoms with Gasteiger partial charge in [-0.1, -0.05) is 36.4 Å². The summed E-state index contributed by atoms with van der Waals surface area (Å²) >= 11 is 0. The van der Waals surface area contributed by atoms with E-state index in [1.807, 2.05) is 42.5 Å². The van der Waals surface area contributed by atoms with Crippen molar-refractivity contribution >= 4 is 34.1 Å². The van der Waals surface area contributed by atoms with Crippen LogP contribution in [0.4, 0.5) is 10.1 Å². The van der Waals surface area contributed by atoms with E-state index in [0.717, 1.165) is 16.5 Å². The highest BCUT2D eigenvalue weighted by Gasteiger charge is 2.11. The average Bonchev–Trinajstić information content (AvgIpc) is 2.73. The summed E-state index contributed by atoms with van der Waals surface area (Å²) < 4.78 is 17.8. The van der Waals surface area contributed by atoms with Gasteiger partial charge in [-0.15, -0.1) is 0 Å². The molecule has 3 aromatic rings. The minimum atomic E-state index is -0.557. The average molecular weight is 393 g/mol. The standard InChI is InChI=1S/C23H20FNO4/c24-18-13-11-17(12-14-18)21(26)15-29-23(28)10-4-9-22(27)25-20-8-3-6-16-5-1-2-7-19(16)20/h1-3,5-8,11-14H,4,9-10,15H2,(H,25,27). The Morgan fingerprint density at radius 1 is 0.862 bits per heavy atom. The van der Waals surface area contributed by atoms with Gasteiger partial charge in [0.25, 0.3) is 0 Å². The van der Waals surface area contributed by atoms with Crippen molar-refractivity contribution < 1.29 is 23.5 Å². The van der Waals surface area contributed by atoms with Gasteiger partial charge in [0.2, 0.25) is 5.91 Å². The van der Waals surface area contributed by atoms with Crippen LogP contribution in [0.1, 0.15) is 29.6 Å². The second-order valence-electron chi connectivity index (χ2n) is 6.52. The fourth-order valence-electron chi connectivity index (χ4n) is 2.88. The number of hydrogen-bond donors (Lipinski definition) is 1. The van der Waals surface area contributed by atoms with Crippen molar-refractivity contribution in [3.8, 4) is 0 Å². The summed E-state index contributed by atoms with van der Waals surface area (Å²) in [7, 11) is 0. The van der Waals surface area contributed by atoms with E-state index in [-0.39, 0.29) is 24.3 Å². The van der Waals surface area contributed by atoms with E-state index in [1.54, 1.807) is 0 Å². The van der Waals surface area contributed by atoms with Crippen LogP contribution in [0.2, 0.25) is 0 Å². The van der Waals surface area contributed by atoms with Crippen LogP contribution in [-0.4, -0.2) is 24.3 Å². The predicted molar refractivity (Wildman–Crippen MR) is 108 cm³/mol. The molecular formula is C23H20FNO4. The molecule has 1 N–H and O–H groups in total. The van der Waals surface area contributed by atoms with Crippen LogP contribution in [-0.2, 0) is 14.3 Å². The summed E-state index contributed by atoms with van der Waals surface area (Å²) in [6, 6.07) is 18.4. The highest BCUT2D eigenvalue weighted by Crippen LogP contribution is 2.23. The number of hydrogen-bond acceptors (Lipinski definition) is 4. The third-order valence-corrected chi connectivity index (χ3v) is 4.38. The number of halogens is 1. The molecule has 0 unspecified atom stereocenters. The number of amides is 1. The molecule has 0 bridgehead atoms. The maximum Gasteiger partial charge on any atom is 0.306 e. The van der Waals surface area contributed by atoms with E-state index in [0.29, 0.717) is 6.42 Å². The number of anilines is 1. The zero-order valence-corrected chi connectivity index (χ0v) is 15.7. The Hall–Kier alpha value is -3.54. The molecule has 0 atom stereocenters. The SMILES string of the molecule is O=C(CCCC(=O)OCC(=O)c1ccc(F)cc1)Nc1cccc2ccccc12. The molecule has 5 nitrogen and oxygen atoms in total. The molecule has 0 fully saturated rings. The fourth-order valence-corrected chi connectivity index (χ4v) is 2.88. The summed E-state index contributed by atoms with van der Waals surface area (Å²) in [6.07, 6.45) is 0.490. The lowest BCUT2D eigenvalue weighted by molar-refractivity contribution is -0.142. The number of Topliss-reactive ketones (excluding diaryl/α,β-unsaturated/α-hetero) is 1. The van der Waals surface area contributed by atoms with Gasteiger partial charge in [0.05, 0.1) is 0 Å². The quantitative estimate of drug-likeness (QED) is 0.451. The minimum absolute atomic E-state index is 0.0274. The molecule has 0 spiro atoms. The van der Waals surface area contributed by atoms with Crippen molar-refractivity contribution in [1.29, 1.82) is 0 Å². The molecule has 0 aromatic heterocycles. The van der Waals surface area contributed by atoms with Gasteiger partial charge in [-0.2, -0.15) is 0 Å². The largest absolute Gasteiger partial charge is 0.457 e. The number of esters is 1. The molecular weight excluding hydrogens is 373 g/mol. The predicted octanol–water partition coefficient (Wildman–Crippen LogP) is 4.51. The minimum Gasteiger partial charge on any atom is -0.457 e. The molecule has 0 aliphatic heterocycles. The molecule has 3 rings (SSSR count). The first-order chi connectivity index (χ1) is 14.0. The Labute approximate surface area is 167 Å². The number of carbonyl (C=O) groups is 3. The first-order valence-corrected chi connectivity index (χ1v) is 9.25. The maximum atomic E-state index is 12.9. The monoisotopic (exact) mass is 393 g/mol. The summed E-state index contributed by atoms with van der Waals surface area (Å²) in [5.74, 6) is -1.61. The van der Waals surface area contributed by atoms with Crippen LogP contribution < -0.4 is 5.32 Å². The van der Waals surface area contributed by atoms with Crippen LogP contribution in [0.25, 0.3) is 10.8 Å². The normalized spacial score (nSPS) is 10.5. The van der Waals surface area contributed by atoms with Crippen molar-refractivity contribution in [2.75, 3.05) is 11.9 Å². The topological polar surface area (TPSA) is 72.5 Å². The molecule has 0 radical (unpaired) electrons. The van der Waals surface area contributed by atoms with Gasteiger partial charge < -0.3 is 10.1 Å². The lowest BCUT2D eigenvalue weighted by atomic mass is 10.1. The number of nitrogens with one attached hydrogen (secondary N) is 1. The second kappa shape index (κ2) is 9.59. The summed E-state index contributed by atoms with van der Waals surface area (Å²) in [5, 5.41) is 4.83. The highest BCUT2D eigenvalue weighted by molar-refractivity contribution is 6.02. The van der Waals surface area contributed by atoms with Gasteiger partial charge in [-0.3, -0.25) is 14.4 Å². The number of rotatable bonds is 8. The Morgan fingerprint density at radius 3 is 2.38 bits per heavy atom. The third kappa shape index (κ3) is 5.72. The van der Waals surface area contributed by atoms with Gasteiger partial charge in [0, 0.05) is 29.5 Å². The number of benzene rings is 3. The Balaban J connectivity index is 1.41. The van der Waals surface area contributed by atoms with Crippen LogP contribution in [0.5, 0.6) is 0 Å². The Morgan fingerprint density at radius 2 is 1.59 bits per heavy atom. The molecule has 0 aliphatic carbocycles. The van der Waals surface area contributed by atoms with E-state index < -0.39 is 24.2 Å². The van der Waals surface area contributed by atoms with Crippen molar-refractivity contribution in [2.45, 2.75) is 19.3 Å². The Kier molecular flexibility index (Phi) is 6.68. The first-order valence-electron chi connectivity index (χ1n) is 9.25. The molecule has 148 valence electrons. The number of carbonyl (C=O) groups excluding carboxylic acids is 3. The molecule has 0 saturated carbocycles. The van der Waals surface area contributed by atoms with E-state index in [9.17, 15) is 18.8 Å². The van der Waals surface area contributed by atoms with Gasteiger partial charge in [0.1, 0.15) is 5.82 Å². The van der Waals surface area contributed by atoms with E-state index >= 15 is 0 Å². The Bertz CT molecular complexity index is 1030. The maximum absolute atomic E-state index is 12.9. The van der Waals surface area contributed by atoms with Crippen molar-refractivity contribution in [1.82, 2.24) is 0 Å². The molecule has 1 amide bonds. The molecule has 3 aromatic carbocycles. The van der Waals surface area contributed by atoms with Gasteiger partial charge in [-0.05, 0) is 42.1 Å². The third-order valence-electron chi connectivity index (χ3n) is 4.38. The molecule has 0 heterocycles. The molecule has 6 heteroatoms. The number of fused-ring (bicyclic) bond motifs is 1. The van der Waals surface area contributed by atoms with Crippen LogP contribution in [0.15, 0.2) is 66.7 Å². The van der Waals surface area contributed by atoms with Gasteiger partial charge in [-0.25, -0.2) is 4.39 Å². The summed E-state index contributed by atoms with van der Waals surface area (Å²) in [4.78, 5) is 35.8. The molecule has 0 aliphatic rings. The zero-order valence-electron chi connectivity index (χ0n) is 15.7. The second-order valence-corrected chi connectivity index (χ2v) is 6.52. The fraction of sp³-hybridized carbons (Fsp3) is 0.174. The van der Waals surface area contributed by atoms with E-state index in [2.05, 4.69) is 5.32 Å². The number of ether oxygens (including phenoxy) is 1. The molecule has 0 saturated heterocycles. The van der Waals surface area contributed by atoms with Crippen molar-refractivity contribution in [3.63, 3.8) is 0 Å². The number of ketones is 1. The van der Waals surface area contributed by atoms with Gasteiger partial charge in [0.15, 0.2) is 12.4 Å². The lowest BCUT2D eigenvalue weighted by Gasteiger charge is -2.09. The van der Waals surface area contributed by atoms with Crippen LogP contribution >= 0.6 is 0 Å². The zero-order chi connectivity index (χ0) is 20.6. The highest BCUT2D eigenvalue weighted by atomic mass is 19.1. The van der Waals surface area contributed by atoms with Gasteiger partial charge >= 0.3 is 5.97 Å². The smallest absolute Gasteiger partial charge is 0.306 e. The lowest BCUT2D eigenvalue weighted by Crippen LogP contribution is -2.15. The molecule has 29 heavy (non-hydrogen) atoms. The summed E-state index contributed by atoms with van der Waals surface area (Å²) in [5.41, 5.74) is 0.995.